The minimum absolute atomic E-state index is 0.0659. The van der Waals surface area contributed by atoms with E-state index >= 15 is 4.39 Å². The van der Waals surface area contributed by atoms with Crippen molar-refractivity contribution in [3.05, 3.63) is 47.8 Å². The molecule has 0 amide bonds. The molecule has 0 radical (unpaired) electrons. The molecule has 3 rings (SSSR count). The Morgan fingerprint density at radius 1 is 0.652 bits per heavy atom. The molecule has 1 aliphatic rings. The first-order valence-corrected chi connectivity index (χ1v) is 18.9. The molecule has 1 saturated carbocycles. The van der Waals surface area contributed by atoms with Crippen molar-refractivity contribution >= 4 is 5.97 Å². The van der Waals surface area contributed by atoms with Crippen molar-refractivity contribution in [2.24, 2.45) is 11.8 Å². The fraction of sp³-hybridized carbons (Fsp3) is 0.683. The topological polar surface area (TPSA) is 55.8 Å². The lowest BCUT2D eigenvalue weighted by Crippen LogP contribution is -2.15. The number of ether oxygens (including phenoxy) is 2. The van der Waals surface area contributed by atoms with Crippen LogP contribution in [0.5, 0.6) is 11.5 Å². The van der Waals surface area contributed by atoms with Gasteiger partial charge in [0, 0.05) is 5.56 Å². The van der Waals surface area contributed by atoms with Crippen molar-refractivity contribution in [2.75, 3.05) is 13.2 Å². The molecule has 0 heterocycles. The largest absolute Gasteiger partial charge is 0.494 e. The molecule has 4 nitrogen and oxygen atoms in total. The van der Waals surface area contributed by atoms with Crippen LogP contribution in [0.25, 0.3) is 11.1 Å². The number of aromatic carboxylic acids is 1. The van der Waals surface area contributed by atoms with E-state index < -0.39 is 11.8 Å². The molecule has 1 N–H and O–H groups in total. The molecule has 0 aromatic heterocycles. The number of halogens is 1. The van der Waals surface area contributed by atoms with E-state index in [2.05, 4.69) is 13.8 Å². The monoisotopic (exact) mass is 638 g/mol. The number of rotatable bonds is 25. The van der Waals surface area contributed by atoms with E-state index in [4.69, 9.17) is 9.47 Å². The predicted molar refractivity (Wildman–Crippen MR) is 190 cm³/mol. The summed E-state index contributed by atoms with van der Waals surface area (Å²) < 4.78 is 27.4. The molecule has 0 unspecified atom stereocenters. The van der Waals surface area contributed by atoms with E-state index in [0.717, 1.165) is 43.3 Å². The van der Waals surface area contributed by atoms with Crippen LogP contribution in [0.4, 0.5) is 4.39 Å². The van der Waals surface area contributed by atoms with Gasteiger partial charge in [0.05, 0.1) is 18.8 Å². The highest BCUT2D eigenvalue weighted by Gasteiger charge is 2.22. The maximum Gasteiger partial charge on any atom is 0.336 e. The third kappa shape index (κ3) is 14.1. The number of benzene rings is 2. The molecule has 0 spiro atoms. The first-order chi connectivity index (χ1) is 22.5. The molecule has 1 aliphatic carbocycles. The molecular formula is C41H63FO4. The number of hydrogen-bond acceptors (Lipinski definition) is 3. The van der Waals surface area contributed by atoms with Crippen molar-refractivity contribution in [3.8, 4) is 22.6 Å². The Morgan fingerprint density at radius 2 is 1.15 bits per heavy atom. The van der Waals surface area contributed by atoms with Gasteiger partial charge in [-0.25, -0.2) is 9.18 Å². The second-order valence-corrected chi connectivity index (χ2v) is 13.7. The maximum atomic E-state index is 15.6. The van der Waals surface area contributed by atoms with Crippen LogP contribution in [0, 0.1) is 17.7 Å². The van der Waals surface area contributed by atoms with Gasteiger partial charge in [-0.05, 0) is 60.9 Å². The SMILES string of the molecule is CCCCCCCCCCCCOc1ccc(C(=O)O)c(-c2ccc(OCCCC3CCC(CCCCCCC)CC3)cc2)c1F. The lowest BCUT2D eigenvalue weighted by Gasteiger charge is -2.28. The lowest BCUT2D eigenvalue weighted by atomic mass is 9.78. The summed E-state index contributed by atoms with van der Waals surface area (Å²) in [6.45, 7) is 5.60. The normalized spacial score (nSPS) is 16.4. The van der Waals surface area contributed by atoms with Crippen LogP contribution in [0.3, 0.4) is 0 Å². The predicted octanol–water partition coefficient (Wildman–Crippen LogP) is 12.8. The Morgan fingerprint density at radius 3 is 1.72 bits per heavy atom. The molecule has 0 bridgehead atoms. The summed E-state index contributed by atoms with van der Waals surface area (Å²) in [5.41, 5.74) is 0.508. The minimum Gasteiger partial charge on any atom is -0.494 e. The molecule has 0 atom stereocenters. The first-order valence-electron chi connectivity index (χ1n) is 18.9. The highest BCUT2D eigenvalue weighted by Crippen LogP contribution is 2.36. The molecule has 258 valence electrons. The van der Waals surface area contributed by atoms with Gasteiger partial charge >= 0.3 is 5.97 Å². The molecule has 2 aromatic carbocycles. The van der Waals surface area contributed by atoms with Gasteiger partial charge in [-0.2, -0.15) is 0 Å². The van der Waals surface area contributed by atoms with Crippen LogP contribution in [-0.2, 0) is 0 Å². The number of carboxylic acid groups (broad SMARTS) is 1. The summed E-state index contributed by atoms with van der Waals surface area (Å²) in [6, 6.07) is 10.00. The molecule has 2 aromatic rings. The Kier molecular flexibility index (Phi) is 18.8. The number of hydrogen-bond donors (Lipinski definition) is 1. The average Bonchev–Trinajstić information content (AvgIpc) is 3.07. The van der Waals surface area contributed by atoms with Gasteiger partial charge in [0.1, 0.15) is 5.75 Å². The fourth-order valence-electron chi connectivity index (χ4n) is 7.03. The van der Waals surface area contributed by atoms with Gasteiger partial charge in [-0.15, -0.1) is 0 Å². The number of unbranched alkanes of at least 4 members (excludes halogenated alkanes) is 13. The Balaban J connectivity index is 1.38. The highest BCUT2D eigenvalue weighted by atomic mass is 19.1. The van der Waals surface area contributed by atoms with Crippen LogP contribution in [-0.4, -0.2) is 24.3 Å². The van der Waals surface area contributed by atoms with E-state index in [1.165, 1.54) is 128 Å². The van der Waals surface area contributed by atoms with E-state index in [9.17, 15) is 9.90 Å². The van der Waals surface area contributed by atoms with Crippen molar-refractivity contribution in [2.45, 2.75) is 155 Å². The standard InChI is InChI=1S/C41H63FO4/c1-3-5-7-9-10-11-12-13-15-17-31-46-38-30-29-37(41(43)44)39(40(38)42)35-25-27-36(28-26-35)45-32-18-20-34-23-21-33(22-24-34)19-16-14-8-6-4-2/h25-30,33-34H,3-24,31-32H2,1-2H3,(H,43,44). The number of carboxylic acids is 1. The lowest BCUT2D eigenvalue weighted by molar-refractivity contribution is 0.0697. The van der Waals surface area contributed by atoms with Gasteiger partial charge in [0.25, 0.3) is 0 Å². The summed E-state index contributed by atoms with van der Waals surface area (Å²) in [5.74, 6) is 0.817. The fourth-order valence-corrected chi connectivity index (χ4v) is 7.03. The third-order valence-corrected chi connectivity index (χ3v) is 9.94. The third-order valence-electron chi connectivity index (χ3n) is 9.94. The zero-order chi connectivity index (χ0) is 32.8. The van der Waals surface area contributed by atoms with Crippen molar-refractivity contribution in [3.63, 3.8) is 0 Å². The van der Waals surface area contributed by atoms with E-state index in [0.29, 0.717) is 18.8 Å². The summed E-state index contributed by atoms with van der Waals surface area (Å²) >= 11 is 0. The van der Waals surface area contributed by atoms with E-state index in [-0.39, 0.29) is 16.9 Å². The van der Waals surface area contributed by atoms with Gasteiger partial charge in [0.15, 0.2) is 11.6 Å². The quantitative estimate of drug-likeness (QED) is 0.110. The van der Waals surface area contributed by atoms with Crippen LogP contribution < -0.4 is 9.47 Å². The Labute approximate surface area is 279 Å². The van der Waals surface area contributed by atoms with Crippen molar-refractivity contribution in [1.29, 1.82) is 0 Å². The highest BCUT2D eigenvalue weighted by molar-refractivity contribution is 5.96. The first kappa shape index (κ1) is 37.9. The molecule has 0 saturated heterocycles. The summed E-state index contributed by atoms with van der Waals surface area (Å²) in [5, 5.41) is 9.77. The van der Waals surface area contributed by atoms with Gasteiger partial charge in [0.2, 0.25) is 0 Å². The van der Waals surface area contributed by atoms with Gasteiger partial charge in [-0.3, -0.25) is 0 Å². The Hall–Kier alpha value is -2.56. The smallest absolute Gasteiger partial charge is 0.336 e. The minimum atomic E-state index is -1.16. The maximum absolute atomic E-state index is 15.6. The van der Waals surface area contributed by atoms with Gasteiger partial charge < -0.3 is 14.6 Å². The Bertz CT molecular complexity index is 1090. The van der Waals surface area contributed by atoms with Crippen molar-refractivity contribution < 1.29 is 23.8 Å². The second-order valence-electron chi connectivity index (χ2n) is 13.7. The second kappa shape index (κ2) is 22.9. The summed E-state index contributed by atoms with van der Waals surface area (Å²) in [4.78, 5) is 12.0. The van der Waals surface area contributed by atoms with Crippen LogP contribution in [0.1, 0.15) is 165 Å². The van der Waals surface area contributed by atoms with Crippen LogP contribution in [0.15, 0.2) is 36.4 Å². The summed E-state index contributed by atoms with van der Waals surface area (Å²) in [7, 11) is 0. The summed E-state index contributed by atoms with van der Waals surface area (Å²) in [6.07, 6.45) is 28.3. The van der Waals surface area contributed by atoms with Gasteiger partial charge in [-0.1, -0.05) is 148 Å². The van der Waals surface area contributed by atoms with E-state index in [1.54, 1.807) is 12.1 Å². The molecule has 0 aliphatic heterocycles. The molecule has 46 heavy (non-hydrogen) atoms. The van der Waals surface area contributed by atoms with E-state index in [1.807, 2.05) is 12.1 Å². The van der Waals surface area contributed by atoms with Crippen LogP contribution >= 0.6 is 0 Å². The van der Waals surface area contributed by atoms with Crippen molar-refractivity contribution in [1.82, 2.24) is 0 Å². The zero-order valence-corrected chi connectivity index (χ0v) is 29.1. The van der Waals surface area contributed by atoms with Crippen LogP contribution in [0.2, 0.25) is 0 Å². The average molecular weight is 639 g/mol. The zero-order valence-electron chi connectivity index (χ0n) is 29.1. The molecule has 5 heteroatoms. The molecule has 1 fully saturated rings. The number of carbonyl (C=O) groups is 1. The molecular weight excluding hydrogens is 575 g/mol.